The molecule has 1 aromatic heterocycles. The Bertz CT molecular complexity index is 361. The van der Waals surface area contributed by atoms with Crippen LogP contribution in [0.5, 0.6) is 0 Å². The Morgan fingerprint density at radius 1 is 1.62 bits per heavy atom. The second-order valence-electron chi connectivity index (χ2n) is 4.20. The van der Waals surface area contributed by atoms with Crippen LogP contribution in [-0.4, -0.2) is 26.4 Å². The summed E-state index contributed by atoms with van der Waals surface area (Å²) >= 11 is 1.28. The number of hydrogen-bond acceptors (Lipinski definition) is 3. The number of aromatic nitrogens is 2. The number of aryl methyl sites for hydroxylation is 1. The molecule has 0 amide bonds. The van der Waals surface area contributed by atoms with Gasteiger partial charge >= 0.3 is 5.97 Å². The Hall–Kier alpha value is -0.970. The first-order chi connectivity index (χ1) is 7.50. The van der Waals surface area contributed by atoms with Gasteiger partial charge < -0.3 is 9.67 Å². The molecule has 5 heteroatoms. The van der Waals surface area contributed by atoms with Crippen molar-refractivity contribution in [1.29, 1.82) is 0 Å². The van der Waals surface area contributed by atoms with Crippen LogP contribution in [0.25, 0.3) is 0 Å². The number of thioether (sulfide) groups is 1. The molecule has 0 spiro atoms. The van der Waals surface area contributed by atoms with Gasteiger partial charge in [-0.05, 0) is 19.3 Å². The van der Waals surface area contributed by atoms with Gasteiger partial charge in [0.05, 0.1) is 5.75 Å². The number of carboxylic acid groups (broad SMARTS) is 1. The van der Waals surface area contributed by atoms with Crippen LogP contribution < -0.4 is 0 Å². The van der Waals surface area contributed by atoms with E-state index in [1.165, 1.54) is 11.8 Å². The van der Waals surface area contributed by atoms with Crippen LogP contribution in [-0.2, 0) is 11.3 Å². The number of carbonyl (C=O) groups is 1. The highest BCUT2D eigenvalue weighted by Gasteiger charge is 2.09. The summed E-state index contributed by atoms with van der Waals surface area (Å²) in [5.41, 5.74) is 1.09. The maximum absolute atomic E-state index is 10.5. The first-order valence-corrected chi connectivity index (χ1v) is 6.36. The monoisotopic (exact) mass is 242 g/mol. The first-order valence-electron chi connectivity index (χ1n) is 5.37. The van der Waals surface area contributed by atoms with Gasteiger partial charge in [0.2, 0.25) is 0 Å². The molecule has 0 saturated heterocycles. The van der Waals surface area contributed by atoms with Gasteiger partial charge in [0.15, 0.2) is 5.16 Å². The van der Waals surface area contributed by atoms with E-state index in [0.29, 0.717) is 5.92 Å². The van der Waals surface area contributed by atoms with E-state index in [1.54, 1.807) is 6.20 Å². The molecule has 16 heavy (non-hydrogen) atoms. The van der Waals surface area contributed by atoms with E-state index in [4.69, 9.17) is 5.11 Å². The van der Waals surface area contributed by atoms with Crippen LogP contribution in [0.4, 0.5) is 0 Å². The summed E-state index contributed by atoms with van der Waals surface area (Å²) in [6.45, 7) is 7.26. The first kappa shape index (κ1) is 13.1. The lowest BCUT2D eigenvalue weighted by Gasteiger charge is -2.10. The minimum absolute atomic E-state index is 0.0676. The van der Waals surface area contributed by atoms with Gasteiger partial charge in [-0.15, -0.1) is 0 Å². The third-order valence-electron chi connectivity index (χ3n) is 2.27. The molecule has 1 heterocycles. The van der Waals surface area contributed by atoms with Crippen molar-refractivity contribution in [2.75, 3.05) is 5.75 Å². The van der Waals surface area contributed by atoms with Crippen LogP contribution in [0.2, 0.25) is 0 Å². The highest BCUT2D eigenvalue weighted by molar-refractivity contribution is 7.99. The predicted octanol–water partition coefficient (Wildman–Crippen LogP) is 2.41. The minimum atomic E-state index is -0.805. The van der Waals surface area contributed by atoms with Crippen LogP contribution in [0.3, 0.4) is 0 Å². The standard InChI is InChI=1S/C11H18N2O2S/c1-8(2)4-5-13-9(3)6-12-11(13)16-7-10(14)15/h6,8H,4-5,7H2,1-3H3,(H,14,15). The maximum Gasteiger partial charge on any atom is 0.313 e. The second kappa shape index (κ2) is 5.94. The van der Waals surface area contributed by atoms with E-state index in [-0.39, 0.29) is 5.75 Å². The van der Waals surface area contributed by atoms with Gasteiger partial charge in [-0.25, -0.2) is 4.98 Å². The third kappa shape index (κ3) is 3.89. The number of carboxylic acids is 1. The van der Waals surface area contributed by atoms with E-state index in [2.05, 4.69) is 23.4 Å². The Balaban J connectivity index is 2.65. The molecule has 4 nitrogen and oxygen atoms in total. The Morgan fingerprint density at radius 2 is 2.31 bits per heavy atom. The summed E-state index contributed by atoms with van der Waals surface area (Å²) in [5, 5.41) is 9.44. The predicted molar refractivity (Wildman–Crippen MR) is 64.8 cm³/mol. The van der Waals surface area contributed by atoms with Gasteiger partial charge in [-0.1, -0.05) is 25.6 Å². The third-order valence-corrected chi connectivity index (χ3v) is 3.25. The highest BCUT2D eigenvalue weighted by atomic mass is 32.2. The zero-order valence-corrected chi connectivity index (χ0v) is 10.8. The second-order valence-corrected chi connectivity index (χ2v) is 5.14. The fourth-order valence-electron chi connectivity index (χ4n) is 1.34. The van der Waals surface area contributed by atoms with Crippen molar-refractivity contribution in [2.24, 2.45) is 5.92 Å². The zero-order valence-electron chi connectivity index (χ0n) is 9.93. The molecule has 0 unspecified atom stereocenters. The number of aliphatic carboxylic acids is 1. The molecule has 1 rings (SSSR count). The molecule has 0 aromatic carbocycles. The fourth-order valence-corrected chi connectivity index (χ4v) is 2.11. The van der Waals surface area contributed by atoms with Crippen LogP contribution >= 0.6 is 11.8 Å². The summed E-state index contributed by atoms with van der Waals surface area (Å²) in [6.07, 6.45) is 2.88. The average molecular weight is 242 g/mol. The number of hydrogen-bond donors (Lipinski definition) is 1. The maximum atomic E-state index is 10.5. The molecule has 0 bridgehead atoms. The molecule has 1 aromatic rings. The fraction of sp³-hybridized carbons (Fsp3) is 0.636. The average Bonchev–Trinajstić information content (AvgIpc) is 2.53. The number of nitrogens with zero attached hydrogens (tertiary/aromatic N) is 2. The Morgan fingerprint density at radius 3 is 2.88 bits per heavy atom. The highest BCUT2D eigenvalue weighted by Crippen LogP contribution is 2.19. The summed E-state index contributed by atoms with van der Waals surface area (Å²) in [7, 11) is 0. The van der Waals surface area contributed by atoms with Crippen molar-refractivity contribution < 1.29 is 9.90 Å². The molecule has 0 aliphatic rings. The quantitative estimate of drug-likeness (QED) is 0.778. The van der Waals surface area contributed by atoms with Crippen LogP contribution in [0.15, 0.2) is 11.4 Å². The van der Waals surface area contributed by atoms with Gasteiger partial charge in [-0.2, -0.15) is 0 Å². The van der Waals surface area contributed by atoms with E-state index in [9.17, 15) is 4.79 Å². The smallest absolute Gasteiger partial charge is 0.313 e. The van der Waals surface area contributed by atoms with Crippen molar-refractivity contribution in [3.63, 3.8) is 0 Å². The summed E-state index contributed by atoms with van der Waals surface area (Å²) in [5.74, 6) is -0.0989. The van der Waals surface area contributed by atoms with Crippen molar-refractivity contribution in [1.82, 2.24) is 9.55 Å². The van der Waals surface area contributed by atoms with Crippen molar-refractivity contribution in [3.05, 3.63) is 11.9 Å². The largest absolute Gasteiger partial charge is 0.481 e. The number of imidazole rings is 1. The van der Waals surface area contributed by atoms with Crippen molar-refractivity contribution >= 4 is 17.7 Å². The molecular formula is C11H18N2O2S. The molecular weight excluding hydrogens is 224 g/mol. The molecule has 0 atom stereocenters. The lowest BCUT2D eigenvalue weighted by Crippen LogP contribution is -2.06. The molecule has 1 N–H and O–H groups in total. The zero-order chi connectivity index (χ0) is 12.1. The van der Waals surface area contributed by atoms with Gasteiger partial charge in [-0.3, -0.25) is 4.79 Å². The van der Waals surface area contributed by atoms with Crippen LogP contribution in [0, 0.1) is 12.8 Å². The Kier molecular flexibility index (Phi) is 4.86. The molecule has 0 saturated carbocycles. The normalized spacial score (nSPS) is 11.0. The van der Waals surface area contributed by atoms with Crippen molar-refractivity contribution in [2.45, 2.75) is 38.9 Å². The molecule has 0 aliphatic heterocycles. The topological polar surface area (TPSA) is 55.1 Å². The SMILES string of the molecule is Cc1cnc(SCC(=O)O)n1CCC(C)C. The molecule has 0 radical (unpaired) electrons. The number of rotatable bonds is 6. The van der Waals surface area contributed by atoms with E-state index >= 15 is 0 Å². The molecule has 0 aliphatic carbocycles. The summed E-state index contributed by atoms with van der Waals surface area (Å²) < 4.78 is 2.09. The van der Waals surface area contributed by atoms with Gasteiger partial charge in [0.1, 0.15) is 0 Å². The lowest BCUT2D eigenvalue weighted by atomic mass is 10.1. The van der Waals surface area contributed by atoms with Crippen molar-refractivity contribution in [3.8, 4) is 0 Å². The van der Waals surface area contributed by atoms with E-state index < -0.39 is 5.97 Å². The van der Waals surface area contributed by atoms with Crippen LogP contribution in [0.1, 0.15) is 26.0 Å². The molecule has 0 fully saturated rings. The lowest BCUT2D eigenvalue weighted by molar-refractivity contribution is -0.133. The summed E-state index contributed by atoms with van der Waals surface area (Å²) in [4.78, 5) is 14.7. The Labute approximate surface area is 100 Å². The van der Waals surface area contributed by atoms with E-state index in [1.807, 2.05) is 6.92 Å². The minimum Gasteiger partial charge on any atom is -0.481 e. The molecule has 90 valence electrons. The van der Waals surface area contributed by atoms with Gasteiger partial charge in [0, 0.05) is 18.4 Å². The van der Waals surface area contributed by atoms with E-state index in [0.717, 1.165) is 23.8 Å². The summed E-state index contributed by atoms with van der Waals surface area (Å²) in [6, 6.07) is 0. The van der Waals surface area contributed by atoms with Gasteiger partial charge in [0.25, 0.3) is 0 Å².